The summed E-state index contributed by atoms with van der Waals surface area (Å²) in [5.74, 6) is -3.55. The molecule has 1 amide bonds. The molecule has 0 bridgehead atoms. The highest BCUT2D eigenvalue weighted by atomic mass is 35.5. The number of aromatic nitrogens is 4. The second-order valence-corrected chi connectivity index (χ2v) is 8.79. The molecule has 2 atom stereocenters. The van der Waals surface area contributed by atoms with Crippen molar-refractivity contribution in [1.82, 2.24) is 25.2 Å². The lowest BCUT2D eigenvalue weighted by molar-refractivity contribution is -0.141. The largest absolute Gasteiger partial charge is 0.481 e. The van der Waals surface area contributed by atoms with Crippen molar-refractivity contribution in [3.63, 3.8) is 0 Å². The predicted molar refractivity (Wildman–Crippen MR) is 134 cm³/mol. The van der Waals surface area contributed by atoms with Gasteiger partial charge in [0.05, 0.1) is 19.6 Å². The van der Waals surface area contributed by atoms with E-state index in [0.717, 1.165) is 4.57 Å². The van der Waals surface area contributed by atoms with Gasteiger partial charge in [-0.2, -0.15) is 0 Å². The fourth-order valence-electron chi connectivity index (χ4n) is 3.59. The SMILES string of the molecule is CCC(C(=O)N[C@@H](CC(=O)O)C(=O)COCc1c(F)cccc1Cl)n1ccnc(NCc2nonc2C)c1=O. The molecular formula is C24H26ClFN6O7. The van der Waals surface area contributed by atoms with Crippen molar-refractivity contribution in [2.45, 2.75) is 51.9 Å². The van der Waals surface area contributed by atoms with E-state index in [4.69, 9.17) is 16.3 Å². The Morgan fingerprint density at radius 3 is 2.69 bits per heavy atom. The smallest absolute Gasteiger partial charge is 0.305 e. The maximum atomic E-state index is 13.9. The van der Waals surface area contributed by atoms with Crippen LogP contribution in [0, 0.1) is 12.7 Å². The third-order valence-corrected chi connectivity index (χ3v) is 6.05. The molecule has 208 valence electrons. The molecule has 0 radical (unpaired) electrons. The molecule has 0 saturated carbocycles. The molecule has 1 unspecified atom stereocenters. The van der Waals surface area contributed by atoms with Gasteiger partial charge in [0.2, 0.25) is 5.91 Å². The second-order valence-electron chi connectivity index (χ2n) is 8.38. The lowest BCUT2D eigenvalue weighted by Gasteiger charge is -2.22. The third kappa shape index (κ3) is 7.67. The fourth-order valence-corrected chi connectivity index (χ4v) is 3.81. The quantitative estimate of drug-likeness (QED) is 0.261. The van der Waals surface area contributed by atoms with Gasteiger partial charge in [-0.05, 0) is 25.5 Å². The highest BCUT2D eigenvalue weighted by molar-refractivity contribution is 6.31. The summed E-state index contributed by atoms with van der Waals surface area (Å²) in [7, 11) is 0. The van der Waals surface area contributed by atoms with Crippen LogP contribution in [-0.2, 0) is 32.3 Å². The molecule has 0 aliphatic heterocycles. The van der Waals surface area contributed by atoms with Gasteiger partial charge in [0, 0.05) is 23.0 Å². The van der Waals surface area contributed by atoms with E-state index in [1.165, 1.54) is 30.6 Å². The van der Waals surface area contributed by atoms with Crippen LogP contribution >= 0.6 is 11.6 Å². The summed E-state index contributed by atoms with van der Waals surface area (Å²) < 4.78 is 24.9. The normalized spacial score (nSPS) is 12.5. The van der Waals surface area contributed by atoms with Gasteiger partial charge in [-0.1, -0.05) is 34.9 Å². The van der Waals surface area contributed by atoms with Crippen molar-refractivity contribution in [2.24, 2.45) is 0 Å². The third-order valence-electron chi connectivity index (χ3n) is 5.70. The predicted octanol–water partition coefficient (Wildman–Crippen LogP) is 2.04. The lowest BCUT2D eigenvalue weighted by atomic mass is 10.1. The number of halogens is 2. The first-order chi connectivity index (χ1) is 18.6. The van der Waals surface area contributed by atoms with Crippen molar-refractivity contribution in [3.8, 4) is 0 Å². The molecule has 2 aromatic heterocycles. The maximum absolute atomic E-state index is 13.9. The fraction of sp³-hybridized carbons (Fsp3) is 0.375. The summed E-state index contributed by atoms with van der Waals surface area (Å²) in [5.41, 5.74) is 0.402. The highest BCUT2D eigenvalue weighted by Gasteiger charge is 2.28. The van der Waals surface area contributed by atoms with E-state index in [2.05, 4.69) is 30.6 Å². The molecule has 2 heterocycles. The number of amides is 1. The summed E-state index contributed by atoms with van der Waals surface area (Å²) in [6.45, 7) is 2.46. The minimum atomic E-state index is -1.46. The van der Waals surface area contributed by atoms with Crippen molar-refractivity contribution < 1.29 is 33.2 Å². The number of hydrogen-bond acceptors (Lipinski definition) is 10. The number of aliphatic carboxylic acids is 1. The van der Waals surface area contributed by atoms with Crippen molar-refractivity contribution in [2.75, 3.05) is 11.9 Å². The minimum absolute atomic E-state index is 0.0354. The number of carboxylic acid groups (broad SMARTS) is 1. The molecule has 13 nitrogen and oxygen atoms in total. The van der Waals surface area contributed by atoms with E-state index in [0.29, 0.717) is 11.4 Å². The van der Waals surface area contributed by atoms with Crippen LogP contribution in [-0.4, -0.2) is 55.3 Å². The van der Waals surface area contributed by atoms with E-state index < -0.39 is 54.1 Å². The van der Waals surface area contributed by atoms with E-state index in [1.54, 1.807) is 13.8 Å². The zero-order valence-corrected chi connectivity index (χ0v) is 21.8. The van der Waals surface area contributed by atoms with E-state index in [1.807, 2.05) is 0 Å². The van der Waals surface area contributed by atoms with E-state index in [-0.39, 0.29) is 36.0 Å². The molecule has 15 heteroatoms. The van der Waals surface area contributed by atoms with Crippen molar-refractivity contribution in [1.29, 1.82) is 0 Å². The van der Waals surface area contributed by atoms with Crippen LogP contribution in [0.25, 0.3) is 0 Å². The highest BCUT2D eigenvalue weighted by Crippen LogP contribution is 2.20. The van der Waals surface area contributed by atoms with Gasteiger partial charge in [0.25, 0.3) is 5.56 Å². The monoisotopic (exact) mass is 564 g/mol. The zero-order chi connectivity index (χ0) is 28.5. The molecule has 3 rings (SSSR count). The number of nitrogens with zero attached hydrogens (tertiary/aromatic N) is 4. The maximum Gasteiger partial charge on any atom is 0.305 e. The second kappa shape index (κ2) is 13.6. The topological polar surface area (TPSA) is 179 Å². The summed E-state index contributed by atoms with van der Waals surface area (Å²) in [4.78, 5) is 54.3. The number of carbonyl (C=O) groups excluding carboxylic acids is 2. The van der Waals surface area contributed by atoms with Gasteiger partial charge >= 0.3 is 5.97 Å². The zero-order valence-electron chi connectivity index (χ0n) is 21.0. The molecule has 0 spiro atoms. The average molecular weight is 565 g/mol. The molecule has 3 N–H and O–H groups in total. The van der Waals surface area contributed by atoms with Gasteiger partial charge < -0.3 is 20.5 Å². The van der Waals surface area contributed by atoms with Crippen LogP contribution < -0.4 is 16.2 Å². The van der Waals surface area contributed by atoms with Crippen LogP contribution in [0.1, 0.15) is 42.8 Å². The van der Waals surface area contributed by atoms with Crippen LogP contribution in [0.5, 0.6) is 0 Å². The number of rotatable bonds is 14. The number of benzene rings is 1. The number of Topliss-reactive ketones (excluding diaryl/α,β-unsaturated/α-hetero) is 1. The Bertz CT molecular complexity index is 1380. The number of carbonyl (C=O) groups is 3. The molecular weight excluding hydrogens is 539 g/mol. The first-order valence-corrected chi connectivity index (χ1v) is 12.1. The number of aryl methyl sites for hydroxylation is 1. The Morgan fingerprint density at radius 1 is 1.28 bits per heavy atom. The minimum Gasteiger partial charge on any atom is -0.481 e. The van der Waals surface area contributed by atoms with Gasteiger partial charge in [0.1, 0.15) is 35.9 Å². The van der Waals surface area contributed by atoms with Gasteiger partial charge in [-0.3, -0.25) is 23.7 Å². The van der Waals surface area contributed by atoms with Crippen molar-refractivity contribution in [3.05, 3.63) is 68.7 Å². The van der Waals surface area contributed by atoms with Crippen LogP contribution in [0.3, 0.4) is 0 Å². The molecule has 0 aliphatic carbocycles. The summed E-state index contributed by atoms with van der Waals surface area (Å²) >= 11 is 5.94. The number of nitrogens with one attached hydrogen (secondary N) is 2. The number of ketones is 1. The molecule has 1 aromatic carbocycles. The number of anilines is 1. The number of ether oxygens (including phenoxy) is 1. The van der Waals surface area contributed by atoms with Crippen LogP contribution in [0.4, 0.5) is 10.2 Å². The molecule has 0 saturated heterocycles. The summed E-state index contributed by atoms with van der Waals surface area (Å²) in [5, 5.41) is 22.0. The van der Waals surface area contributed by atoms with Crippen LogP contribution in [0.2, 0.25) is 5.02 Å². The van der Waals surface area contributed by atoms with Gasteiger partial charge in [0.15, 0.2) is 11.6 Å². The van der Waals surface area contributed by atoms with Gasteiger partial charge in [-0.15, -0.1) is 0 Å². The van der Waals surface area contributed by atoms with Gasteiger partial charge in [-0.25, -0.2) is 14.0 Å². The van der Waals surface area contributed by atoms with E-state index >= 15 is 0 Å². The van der Waals surface area contributed by atoms with Crippen LogP contribution in [0.15, 0.2) is 40.0 Å². The van der Waals surface area contributed by atoms with E-state index in [9.17, 15) is 28.7 Å². The molecule has 0 fully saturated rings. The molecule has 3 aromatic rings. The summed E-state index contributed by atoms with van der Waals surface area (Å²) in [6, 6.07) is 1.51. The first-order valence-electron chi connectivity index (χ1n) is 11.8. The Morgan fingerprint density at radius 2 is 2.05 bits per heavy atom. The Hall–Kier alpha value is -4.17. The number of hydrogen-bond donors (Lipinski definition) is 3. The summed E-state index contributed by atoms with van der Waals surface area (Å²) in [6.07, 6.45) is 2.03. The Kier molecular flexibility index (Phi) is 10.2. The lowest BCUT2D eigenvalue weighted by Crippen LogP contribution is -2.47. The molecule has 39 heavy (non-hydrogen) atoms. The molecule has 0 aliphatic rings. The first kappa shape index (κ1) is 29.4. The van der Waals surface area contributed by atoms with Crippen molar-refractivity contribution >= 4 is 35.1 Å². The Balaban J connectivity index is 1.69. The Labute approximate surface area is 226 Å². The average Bonchev–Trinajstić information content (AvgIpc) is 3.30. The standard InChI is InChI=1S/C24H26ClFN6O7/c1-3-19(32-8-7-27-22(24(32)37)28-10-18-13(2)30-39-31-18)23(36)29-17(9-21(34)35)20(33)12-38-11-14-15(25)5-4-6-16(14)26/h4-8,17,19H,3,9-12H2,1-2H3,(H,27,28)(H,29,36)(H,34,35)/t17-,19?/m0/s1. The number of carboxylic acids is 1.